The zero-order chi connectivity index (χ0) is 37.7. The van der Waals surface area contributed by atoms with E-state index in [9.17, 15) is 0 Å². The van der Waals surface area contributed by atoms with Crippen molar-refractivity contribution < 1.29 is 0 Å². The lowest BCUT2D eigenvalue weighted by Gasteiger charge is -2.29. The van der Waals surface area contributed by atoms with Crippen LogP contribution in [0.1, 0.15) is 58.9 Å². The molecule has 0 aliphatic heterocycles. The van der Waals surface area contributed by atoms with E-state index in [0.29, 0.717) is 5.92 Å². The summed E-state index contributed by atoms with van der Waals surface area (Å²) in [6, 6.07) is 67.5. The van der Waals surface area contributed by atoms with Gasteiger partial charge in [-0.15, -0.1) is 0 Å². The third-order valence-electron chi connectivity index (χ3n) is 9.40. The van der Waals surface area contributed by atoms with Gasteiger partial charge in [0.25, 0.3) is 0 Å². The first-order valence-electron chi connectivity index (χ1n) is 19.3. The van der Waals surface area contributed by atoms with Crippen molar-refractivity contribution in [2.24, 2.45) is 0 Å². The molecule has 1 unspecified atom stereocenters. The molecule has 0 N–H and O–H groups in total. The molecule has 0 spiro atoms. The predicted octanol–water partition coefficient (Wildman–Crippen LogP) is 15.8. The van der Waals surface area contributed by atoms with Crippen molar-refractivity contribution in [1.82, 2.24) is 0 Å². The highest BCUT2D eigenvalue weighted by molar-refractivity contribution is 5.82. The molecule has 54 heavy (non-hydrogen) atoms. The summed E-state index contributed by atoms with van der Waals surface area (Å²) in [6.45, 7) is 10.9. The van der Waals surface area contributed by atoms with Crippen LogP contribution in [-0.4, -0.2) is 0 Å². The van der Waals surface area contributed by atoms with Gasteiger partial charge in [-0.25, -0.2) is 0 Å². The summed E-state index contributed by atoms with van der Waals surface area (Å²) in [5.74, 6) is 0.419. The van der Waals surface area contributed by atoms with Gasteiger partial charge in [0, 0.05) is 40.0 Å². The quantitative estimate of drug-likeness (QED) is 0.124. The Morgan fingerprint density at radius 3 is 1.00 bits per heavy atom. The van der Waals surface area contributed by atoms with E-state index >= 15 is 0 Å². The molecule has 2 nitrogen and oxygen atoms in total. The fraction of sp³-hybridized carbons (Fsp3) is 0.154. The Labute approximate surface area is 323 Å². The molecule has 0 aliphatic carbocycles. The van der Waals surface area contributed by atoms with Gasteiger partial charge in [0.1, 0.15) is 0 Å². The van der Waals surface area contributed by atoms with Gasteiger partial charge in [-0.05, 0) is 121 Å². The first kappa shape index (κ1) is 37.6. The SMILES string of the molecule is CCC.CCC(C=C(C)C)c1ccc(N(c2ccccc2)c2ccc(N(c3ccc(-c4ccccc4)cc3)c3ccc(-c4ccccc4)cc3)cc2)cc1. The van der Waals surface area contributed by atoms with Crippen molar-refractivity contribution in [2.45, 2.75) is 53.4 Å². The van der Waals surface area contributed by atoms with Gasteiger partial charge in [-0.2, -0.15) is 0 Å². The average molecular weight is 705 g/mol. The second-order valence-electron chi connectivity index (χ2n) is 13.9. The fourth-order valence-electron chi connectivity index (χ4n) is 6.81. The normalized spacial score (nSPS) is 11.1. The van der Waals surface area contributed by atoms with Crippen LogP contribution in [0.25, 0.3) is 22.3 Å². The van der Waals surface area contributed by atoms with Crippen LogP contribution in [0, 0.1) is 0 Å². The molecule has 0 aromatic heterocycles. The number of benzene rings is 7. The van der Waals surface area contributed by atoms with Crippen molar-refractivity contribution >= 4 is 34.1 Å². The molecular weight excluding hydrogens is 653 g/mol. The van der Waals surface area contributed by atoms with Crippen LogP contribution in [0.5, 0.6) is 0 Å². The lowest BCUT2D eigenvalue weighted by Crippen LogP contribution is -2.12. The number of anilines is 6. The van der Waals surface area contributed by atoms with Crippen LogP contribution in [0.15, 0.2) is 200 Å². The standard InChI is InChI=1S/C49H44N2.C3H8/c1-4-38(36-37(2)3)41-20-26-45(27-21-41)50(44-18-12-7-13-19-44)48-32-34-49(35-33-48)51(46-28-22-42(23-29-46)39-14-8-5-9-15-39)47-30-24-43(25-31-47)40-16-10-6-11-17-40;1-3-2/h5-36,38H,4H2,1-3H3;3H2,1-2H3. The second-order valence-corrected chi connectivity index (χ2v) is 13.9. The lowest BCUT2D eigenvalue weighted by atomic mass is 9.94. The van der Waals surface area contributed by atoms with Crippen LogP contribution in [-0.2, 0) is 0 Å². The maximum Gasteiger partial charge on any atom is 0.0463 e. The summed E-state index contributed by atoms with van der Waals surface area (Å²) in [6.07, 6.45) is 4.70. The van der Waals surface area contributed by atoms with E-state index in [2.05, 4.69) is 239 Å². The first-order chi connectivity index (χ1) is 26.5. The van der Waals surface area contributed by atoms with Crippen molar-refractivity contribution in [3.8, 4) is 22.3 Å². The van der Waals surface area contributed by atoms with Gasteiger partial charge in [0.15, 0.2) is 0 Å². The first-order valence-corrected chi connectivity index (χ1v) is 19.3. The molecule has 0 bridgehead atoms. The molecule has 0 aliphatic rings. The Kier molecular flexibility index (Phi) is 12.9. The van der Waals surface area contributed by atoms with Gasteiger partial charge in [-0.3, -0.25) is 0 Å². The molecule has 7 aromatic carbocycles. The molecule has 7 aromatic rings. The molecular formula is C52H52N2. The van der Waals surface area contributed by atoms with Crippen molar-refractivity contribution in [1.29, 1.82) is 0 Å². The highest BCUT2D eigenvalue weighted by Gasteiger charge is 2.17. The van der Waals surface area contributed by atoms with Crippen LogP contribution >= 0.6 is 0 Å². The van der Waals surface area contributed by atoms with Gasteiger partial charge in [-0.1, -0.05) is 154 Å². The van der Waals surface area contributed by atoms with Gasteiger partial charge >= 0.3 is 0 Å². The maximum absolute atomic E-state index is 2.37. The third kappa shape index (κ3) is 9.26. The molecule has 0 fully saturated rings. The molecule has 0 saturated heterocycles. The van der Waals surface area contributed by atoms with Crippen molar-refractivity contribution in [3.05, 3.63) is 205 Å². The maximum atomic E-state index is 2.37. The summed E-state index contributed by atoms with van der Waals surface area (Å²) >= 11 is 0. The van der Waals surface area contributed by atoms with E-state index in [-0.39, 0.29) is 0 Å². The van der Waals surface area contributed by atoms with E-state index in [1.165, 1.54) is 39.8 Å². The van der Waals surface area contributed by atoms with E-state index in [1.54, 1.807) is 0 Å². The predicted molar refractivity (Wildman–Crippen MR) is 235 cm³/mol. The molecule has 0 radical (unpaired) electrons. The second kappa shape index (κ2) is 18.6. The summed E-state index contributed by atoms with van der Waals surface area (Å²) in [7, 11) is 0. The zero-order valence-electron chi connectivity index (χ0n) is 32.4. The Balaban J connectivity index is 0.00000160. The fourth-order valence-corrected chi connectivity index (χ4v) is 6.81. The van der Waals surface area contributed by atoms with E-state index < -0.39 is 0 Å². The van der Waals surface area contributed by atoms with E-state index in [4.69, 9.17) is 0 Å². The number of allylic oxidation sites excluding steroid dienone is 2. The van der Waals surface area contributed by atoms with Crippen LogP contribution in [0.4, 0.5) is 34.1 Å². The minimum Gasteiger partial charge on any atom is -0.311 e. The van der Waals surface area contributed by atoms with Gasteiger partial charge in [0.05, 0.1) is 0 Å². The molecule has 0 amide bonds. The molecule has 2 heteroatoms. The van der Waals surface area contributed by atoms with Crippen molar-refractivity contribution in [3.63, 3.8) is 0 Å². The monoisotopic (exact) mass is 704 g/mol. The smallest absolute Gasteiger partial charge is 0.0463 e. The highest BCUT2D eigenvalue weighted by Crippen LogP contribution is 2.40. The zero-order valence-corrected chi connectivity index (χ0v) is 32.4. The van der Waals surface area contributed by atoms with Crippen LogP contribution in [0.3, 0.4) is 0 Å². The third-order valence-corrected chi connectivity index (χ3v) is 9.40. The van der Waals surface area contributed by atoms with Crippen molar-refractivity contribution in [2.75, 3.05) is 9.80 Å². The highest BCUT2D eigenvalue weighted by atomic mass is 15.2. The summed E-state index contributed by atoms with van der Waals surface area (Å²) < 4.78 is 0. The number of hydrogen-bond acceptors (Lipinski definition) is 2. The van der Waals surface area contributed by atoms with Crippen LogP contribution < -0.4 is 9.80 Å². The van der Waals surface area contributed by atoms with Crippen LogP contribution in [0.2, 0.25) is 0 Å². The summed E-state index contributed by atoms with van der Waals surface area (Å²) in [5, 5.41) is 0. The summed E-state index contributed by atoms with van der Waals surface area (Å²) in [4.78, 5) is 4.67. The Hall–Kier alpha value is -6.12. The topological polar surface area (TPSA) is 6.48 Å². The molecule has 7 rings (SSSR count). The Bertz CT molecular complexity index is 2080. The number of rotatable bonds is 11. The largest absolute Gasteiger partial charge is 0.311 e. The molecule has 270 valence electrons. The van der Waals surface area contributed by atoms with E-state index in [0.717, 1.165) is 40.5 Å². The Morgan fingerprint density at radius 1 is 0.389 bits per heavy atom. The lowest BCUT2D eigenvalue weighted by molar-refractivity contribution is 0.798. The minimum absolute atomic E-state index is 0.419. The average Bonchev–Trinajstić information content (AvgIpc) is 3.23. The van der Waals surface area contributed by atoms with Gasteiger partial charge < -0.3 is 9.80 Å². The minimum atomic E-state index is 0.419. The number of para-hydroxylation sites is 1. The number of hydrogen-bond donors (Lipinski definition) is 0. The summed E-state index contributed by atoms with van der Waals surface area (Å²) in [5.41, 5.74) is 14.2. The molecule has 0 saturated carbocycles. The number of nitrogens with zero attached hydrogens (tertiary/aromatic N) is 2. The van der Waals surface area contributed by atoms with Gasteiger partial charge in [0.2, 0.25) is 0 Å². The molecule has 0 heterocycles. The molecule has 1 atom stereocenters. The van der Waals surface area contributed by atoms with E-state index in [1.807, 2.05) is 0 Å². The Morgan fingerprint density at radius 2 is 0.667 bits per heavy atom.